The SMILES string of the molecule is CCN(Cc1cccc2c1OCCO2)C(=O)c1nn(-c2ccc(F)cc2)c2c1CCC2. The lowest BCUT2D eigenvalue weighted by atomic mass is 10.1. The first-order valence-electron chi connectivity index (χ1n) is 10.7. The van der Waals surface area contributed by atoms with Gasteiger partial charge in [0.15, 0.2) is 17.2 Å². The van der Waals surface area contributed by atoms with Crippen molar-refractivity contribution >= 4 is 5.91 Å². The molecule has 0 unspecified atom stereocenters. The summed E-state index contributed by atoms with van der Waals surface area (Å²) in [6.07, 6.45) is 2.67. The van der Waals surface area contributed by atoms with E-state index in [1.807, 2.05) is 25.1 Å². The van der Waals surface area contributed by atoms with Crippen LogP contribution < -0.4 is 9.47 Å². The van der Waals surface area contributed by atoms with E-state index in [9.17, 15) is 9.18 Å². The van der Waals surface area contributed by atoms with Gasteiger partial charge in [0, 0.05) is 29.9 Å². The zero-order valence-electron chi connectivity index (χ0n) is 17.4. The number of carbonyl (C=O) groups excluding carboxylic acids is 1. The fourth-order valence-corrected chi connectivity index (χ4v) is 4.35. The number of ether oxygens (including phenoxy) is 2. The normalized spacial score (nSPS) is 14.4. The first-order valence-corrected chi connectivity index (χ1v) is 10.7. The first-order chi connectivity index (χ1) is 15.2. The van der Waals surface area contributed by atoms with E-state index in [0.29, 0.717) is 43.5 Å². The van der Waals surface area contributed by atoms with Gasteiger partial charge in [-0.05, 0) is 56.5 Å². The van der Waals surface area contributed by atoms with E-state index < -0.39 is 0 Å². The molecular weight excluding hydrogens is 397 g/mol. The second kappa shape index (κ2) is 8.06. The van der Waals surface area contributed by atoms with Gasteiger partial charge in [-0.2, -0.15) is 5.10 Å². The van der Waals surface area contributed by atoms with E-state index in [1.54, 1.807) is 21.7 Å². The number of hydrogen-bond donors (Lipinski definition) is 0. The van der Waals surface area contributed by atoms with Gasteiger partial charge in [0.05, 0.1) is 5.69 Å². The number of carbonyl (C=O) groups is 1. The number of para-hydroxylation sites is 1. The van der Waals surface area contributed by atoms with Crippen molar-refractivity contribution in [3.05, 3.63) is 70.8 Å². The molecule has 1 amide bonds. The third-order valence-corrected chi connectivity index (χ3v) is 5.88. The fourth-order valence-electron chi connectivity index (χ4n) is 4.35. The number of amides is 1. The Kier molecular flexibility index (Phi) is 5.10. The van der Waals surface area contributed by atoms with Gasteiger partial charge >= 0.3 is 0 Å². The van der Waals surface area contributed by atoms with Crippen LogP contribution in [0.4, 0.5) is 4.39 Å². The van der Waals surface area contributed by atoms with Crippen molar-refractivity contribution in [3.63, 3.8) is 0 Å². The van der Waals surface area contributed by atoms with Gasteiger partial charge in [0.2, 0.25) is 0 Å². The lowest BCUT2D eigenvalue weighted by Crippen LogP contribution is -2.32. The molecule has 0 spiro atoms. The predicted octanol–water partition coefficient (Wildman–Crippen LogP) is 3.93. The van der Waals surface area contributed by atoms with Crippen molar-refractivity contribution in [2.75, 3.05) is 19.8 Å². The van der Waals surface area contributed by atoms with Crippen molar-refractivity contribution in [1.82, 2.24) is 14.7 Å². The number of hydrogen-bond acceptors (Lipinski definition) is 4. The average Bonchev–Trinajstić information content (AvgIpc) is 3.41. The minimum absolute atomic E-state index is 0.101. The minimum atomic E-state index is -0.293. The molecule has 31 heavy (non-hydrogen) atoms. The maximum Gasteiger partial charge on any atom is 0.274 e. The molecule has 0 atom stereocenters. The van der Waals surface area contributed by atoms with Crippen molar-refractivity contribution in [1.29, 1.82) is 0 Å². The van der Waals surface area contributed by atoms with Crippen LogP contribution in [-0.4, -0.2) is 40.3 Å². The molecule has 6 nitrogen and oxygen atoms in total. The van der Waals surface area contributed by atoms with Crippen molar-refractivity contribution in [3.8, 4) is 17.2 Å². The molecule has 0 saturated heterocycles. The molecule has 5 rings (SSSR count). The van der Waals surface area contributed by atoms with Crippen LogP contribution in [0.3, 0.4) is 0 Å². The predicted molar refractivity (Wildman–Crippen MR) is 113 cm³/mol. The molecule has 3 aromatic rings. The summed E-state index contributed by atoms with van der Waals surface area (Å²) in [7, 11) is 0. The molecule has 1 aliphatic carbocycles. The number of aromatic nitrogens is 2. The smallest absolute Gasteiger partial charge is 0.274 e. The molecule has 1 aromatic heterocycles. The highest BCUT2D eigenvalue weighted by molar-refractivity contribution is 5.94. The van der Waals surface area contributed by atoms with Crippen LogP contribution in [0.1, 0.15) is 40.7 Å². The molecule has 0 bridgehead atoms. The van der Waals surface area contributed by atoms with E-state index in [4.69, 9.17) is 9.47 Å². The second-order valence-corrected chi connectivity index (χ2v) is 7.78. The summed E-state index contributed by atoms with van der Waals surface area (Å²) in [6, 6.07) is 12.0. The fraction of sp³-hybridized carbons (Fsp3) is 0.333. The van der Waals surface area contributed by atoms with Crippen molar-refractivity contribution < 1.29 is 18.7 Å². The van der Waals surface area contributed by atoms with Gasteiger partial charge < -0.3 is 14.4 Å². The lowest BCUT2D eigenvalue weighted by molar-refractivity contribution is 0.0741. The maximum atomic E-state index is 13.5. The Balaban J connectivity index is 1.47. The second-order valence-electron chi connectivity index (χ2n) is 7.78. The van der Waals surface area contributed by atoms with Crippen LogP contribution >= 0.6 is 0 Å². The Morgan fingerprint density at radius 2 is 1.94 bits per heavy atom. The van der Waals surface area contributed by atoms with Gasteiger partial charge in [-0.1, -0.05) is 12.1 Å². The van der Waals surface area contributed by atoms with Crippen LogP contribution in [0.5, 0.6) is 11.5 Å². The largest absolute Gasteiger partial charge is 0.486 e. The van der Waals surface area contributed by atoms with E-state index in [0.717, 1.165) is 41.8 Å². The zero-order valence-corrected chi connectivity index (χ0v) is 17.4. The van der Waals surface area contributed by atoms with E-state index >= 15 is 0 Å². The highest BCUT2D eigenvalue weighted by Crippen LogP contribution is 2.35. The molecule has 0 fully saturated rings. The summed E-state index contributed by atoms with van der Waals surface area (Å²) >= 11 is 0. The number of rotatable bonds is 5. The molecule has 7 heteroatoms. The Bertz CT molecular complexity index is 1120. The molecule has 2 aliphatic rings. The summed E-state index contributed by atoms with van der Waals surface area (Å²) in [5.41, 5.74) is 4.22. The summed E-state index contributed by atoms with van der Waals surface area (Å²) < 4.78 is 26.7. The molecule has 0 radical (unpaired) electrons. The third-order valence-electron chi connectivity index (χ3n) is 5.88. The van der Waals surface area contributed by atoms with Gasteiger partial charge in [0.1, 0.15) is 19.0 Å². The van der Waals surface area contributed by atoms with Crippen molar-refractivity contribution in [2.24, 2.45) is 0 Å². The molecule has 2 heterocycles. The first kappa shape index (κ1) is 19.6. The van der Waals surface area contributed by atoms with Crippen LogP contribution in [0.15, 0.2) is 42.5 Å². The number of nitrogens with zero attached hydrogens (tertiary/aromatic N) is 3. The van der Waals surface area contributed by atoms with E-state index in [2.05, 4.69) is 5.10 Å². The summed E-state index contributed by atoms with van der Waals surface area (Å²) in [5.74, 6) is 1.03. The third kappa shape index (κ3) is 3.54. The van der Waals surface area contributed by atoms with Crippen LogP contribution in [-0.2, 0) is 19.4 Å². The van der Waals surface area contributed by atoms with Crippen LogP contribution in [0.2, 0.25) is 0 Å². The number of halogens is 1. The van der Waals surface area contributed by atoms with Gasteiger partial charge in [-0.3, -0.25) is 4.79 Å². The highest BCUT2D eigenvalue weighted by atomic mass is 19.1. The monoisotopic (exact) mass is 421 g/mol. The van der Waals surface area contributed by atoms with E-state index in [-0.39, 0.29) is 11.7 Å². The number of benzene rings is 2. The topological polar surface area (TPSA) is 56.6 Å². The lowest BCUT2D eigenvalue weighted by Gasteiger charge is -2.25. The summed E-state index contributed by atoms with van der Waals surface area (Å²) in [6.45, 7) is 3.95. The Hall–Kier alpha value is -3.35. The minimum Gasteiger partial charge on any atom is -0.486 e. The zero-order chi connectivity index (χ0) is 21.4. The molecule has 0 saturated carbocycles. The van der Waals surface area contributed by atoms with Gasteiger partial charge in [0.25, 0.3) is 5.91 Å². The van der Waals surface area contributed by atoms with Gasteiger partial charge in [-0.15, -0.1) is 0 Å². The summed E-state index contributed by atoms with van der Waals surface area (Å²) in [4.78, 5) is 15.3. The Morgan fingerprint density at radius 1 is 1.13 bits per heavy atom. The Labute approximate surface area is 180 Å². The standard InChI is InChI=1S/C24H24FN3O3/c1-2-27(15-16-5-3-8-21-23(16)31-14-13-30-21)24(29)22-19-6-4-7-20(19)28(26-22)18-11-9-17(25)10-12-18/h3,5,8-12H,2,4,6-7,13-15H2,1H3. The molecule has 2 aromatic carbocycles. The molecule has 1 aliphatic heterocycles. The number of fused-ring (bicyclic) bond motifs is 2. The average molecular weight is 421 g/mol. The van der Waals surface area contributed by atoms with E-state index in [1.165, 1.54) is 12.1 Å². The summed E-state index contributed by atoms with van der Waals surface area (Å²) in [5, 5.41) is 4.68. The quantitative estimate of drug-likeness (QED) is 0.626. The van der Waals surface area contributed by atoms with Crippen molar-refractivity contribution in [2.45, 2.75) is 32.7 Å². The molecule has 0 N–H and O–H groups in total. The Morgan fingerprint density at radius 3 is 2.74 bits per heavy atom. The highest BCUT2D eigenvalue weighted by Gasteiger charge is 2.30. The molecular formula is C24H24FN3O3. The molecule has 160 valence electrons. The van der Waals surface area contributed by atoms with Gasteiger partial charge in [-0.25, -0.2) is 9.07 Å². The van der Waals surface area contributed by atoms with Crippen LogP contribution in [0, 0.1) is 5.82 Å². The maximum absolute atomic E-state index is 13.5. The van der Waals surface area contributed by atoms with Crippen LogP contribution in [0.25, 0.3) is 5.69 Å².